The largest absolute Gasteiger partial charge is 0.548 e. The Morgan fingerprint density at radius 1 is 1.33 bits per heavy atom. The van der Waals surface area contributed by atoms with E-state index in [0.29, 0.717) is 0 Å². The Labute approximate surface area is 78.0 Å². The SMILES string of the molecule is CCCC/C=C(/C)O[Si](C)(C)C. The molecule has 12 heavy (non-hydrogen) atoms. The number of hydrogen-bond acceptors (Lipinski definition) is 1. The van der Waals surface area contributed by atoms with E-state index in [1.807, 2.05) is 0 Å². The lowest BCUT2D eigenvalue weighted by Crippen LogP contribution is -2.24. The molecule has 0 atom stereocenters. The fourth-order valence-electron chi connectivity index (χ4n) is 1.03. The zero-order chi connectivity index (χ0) is 9.61. The molecule has 0 N–H and O–H groups in total. The van der Waals surface area contributed by atoms with Gasteiger partial charge in [0.05, 0.1) is 5.76 Å². The molecule has 72 valence electrons. The van der Waals surface area contributed by atoms with Crippen LogP contribution in [-0.2, 0) is 4.43 Å². The summed E-state index contributed by atoms with van der Waals surface area (Å²) in [7, 11) is -1.35. The van der Waals surface area contributed by atoms with E-state index in [-0.39, 0.29) is 0 Å². The summed E-state index contributed by atoms with van der Waals surface area (Å²) in [5, 5.41) is 0. The Morgan fingerprint density at radius 3 is 2.33 bits per heavy atom. The molecule has 0 aromatic rings. The molecule has 0 aliphatic heterocycles. The first kappa shape index (κ1) is 11.8. The van der Waals surface area contributed by atoms with Gasteiger partial charge in [-0.05, 0) is 45.5 Å². The van der Waals surface area contributed by atoms with E-state index in [1.54, 1.807) is 0 Å². The zero-order valence-electron chi connectivity index (χ0n) is 9.11. The van der Waals surface area contributed by atoms with Crippen LogP contribution in [0, 0.1) is 0 Å². The highest BCUT2D eigenvalue weighted by Gasteiger charge is 2.15. The van der Waals surface area contributed by atoms with Crippen molar-refractivity contribution in [2.24, 2.45) is 0 Å². The second-order valence-corrected chi connectivity index (χ2v) is 8.60. The third-order valence-corrected chi connectivity index (χ3v) is 2.39. The van der Waals surface area contributed by atoms with Crippen molar-refractivity contribution in [3.05, 3.63) is 11.8 Å². The van der Waals surface area contributed by atoms with Crippen LogP contribution in [0.4, 0.5) is 0 Å². The lowest BCUT2D eigenvalue weighted by atomic mass is 10.2. The molecule has 0 bridgehead atoms. The highest BCUT2D eigenvalue weighted by atomic mass is 28.4. The van der Waals surface area contributed by atoms with Crippen LogP contribution >= 0.6 is 0 Å². The first-order valence-electron chi connectivity index (χ1n) is 4.81. The summed E-state index contributed by atoms with van der Waals surface area (Å²) in [6, 6.07) is 0. The monoisotopic (exact) mass is 186 g/mol. The Balaban J connectivity index is 3.70. The maximum atomic E-state index is 5.78. The van der Waals surface area contributed by atoms with Crippen LogP contribution in [0.3, 0.4) is 0 Å². The number of unbranched alkanes of at least 4 members (excludes halogenated alkanes) is 2. The van der Waals surface area contributed by atoms with Crippen molar-refractivity contribution >= 4 is 8.32 Å². The van der Waals surface area contributed by atoms with Gasteiger partial charge in [0, 0.05) is 0 Å². The summed E-state index contributed by atoms with van der Waals surface area (Å²) >= 11 is 0. The summed E-state index contributed by atoms with van der Waals surface area (Å²) in [5.41, 5.74) is 0. The smallest absolute Gasteiger partial charge is 0.241 e. The van der Waals surface area contributed by atoms with E-state index in [1.165, 1.54) is 12.8 Å². The molecule has 0 aromatic carbocycles. The molecule has 0 rings (SSSR count). The average molecular weight is 186 g/mol. The third kappa shape index (κ3) is 7.86. The molecule has 0 aliphatic carbocycles. The lowest BCUT2D eigenvalue weighted by Gasteiger charge is -2.19. The van der Waals surface area contributed by atoms with Crippen molar-refractivity contribution in [2.45, 2.75) is 52.8 Å². The maximum Gasteiger partial charge on any atom is 0.241 e. The van der Waals surface area contributed by atoms with Crippen molar-refractivity contribution in [3.8, 4) is 0 Å². The second-order valence-electron chi connectivity index (χ2n) is 4.17. The number of hydrogen-bond donors (Lipinski definition) is 0. The molecule has 0 amide bonds. The van der Waals surface area contributed by atoms with E-state index in [0.717, 1.165) is 12.2 Å². The van der Waals surface area contributed by atoms with Gasteiger partial charge in [0.2, 0.25) is 8.32 Å². The third-order valence-electron chi connectivity index (χ3n) is 1.46. The average Bonchev–Trinajstić information content (AvgIpc) is 1.84. The van der Waals surface area contributed by atoms with E-state index in [2.05, 4.69) is 39.6 Å². The molecule has 0 unspecified atom stereocenters. The van der Waals surface area contributed by atoms with E-state index in [4.69, 9.17) is 4.43 Å². The quantitative estimate of drug-likeness (QED) is 0.359. The first-order valence-corrected chi connectivity index (χ1v) is 8.22. The Hall–Kier alpha value is -0.243. The van der Waals surface area contributed by atoms with Gasteiger partial charge in [-0.2, -0.15) is 0 Å². The minimum absolute atomic E-state index is 1.11. The zero-order valence-corrected chi connectivity index (χ0v) is 10.1. The van der Waals surface area contributed by atoms with Crippen LogP contribution in [0.1, 0.15) is 33.1 Å². The van der Waals surface area contributed by atoms with Crippen molar-refractivity contribution in [2.75, 3.05) is 0 Å². The van der Waals surface area contributed by atoms with Gasteiger partial charge in [0.25, 0.3) is 0 Å². The van der Waals surface area contributed by atoms with Crippen LogP contribution in [0.2, 0.25) is 19.6 Å². The molecule has 0 radical (unpaired) electrons. The molecule has 0 aliphatic rings. The van der Waals surface area contributed by atoms with Crippen molar-refractivity contribution in [3.63, 3.8) is 0 Å². The van der Waals surface area contributed by atoms with Gasteiger partial charge < -0.3 is 4.43 Å². The minimum Gasteiger partial charge on any atom is -0.548 e. The van der Waals surface area contributed by atoms with Crippen LogP contribution in [-0.4, -0.2) is 8.32 Å². The van der Waals surface area contributed by atoms with Gasteiger partial charge in [-0.15, -0.1) is 0 Å². The molecular weight excluding hydrogens is 164 g/mol. The van der Waals surface area contributed by atoms with Crippen LogP contribution in [0.15, 0.2) is 11.8 Å². The van der Waals surface area contributed by atoms with Gasteiger partial charge in [0.1, 0.15) is 0 Å². The summed E-state index contributed by atoms with van der Waals surface area (Å²) in [6.45, 7) is 10.9. The Morgan fingerprint density at radius 2 is 1.92 bits per heavy atom. The van der Waals surface area contributed by atoms with Crippen LogP contribution < -0.4 is 0 Å². The van der Waals surface area contributed by atoms with Gasteiger partial charge in [-0.25, -0.2) is 0 Å². The molecule has 0 heterocycles. The van der Waals surface area contributed by atoms with Crippen molar-refractivity contribution in [1.29, 1.82) is 0 Å². The predicted molar refractivity (Wildman–Crippen MR) is 57.7 cm³/mol. The van der Waals surface area contributed by atoms with Crippen molar-refractivity contribution in [1.82, 2.24) is 0 Å². The van der Waals surface area contributed by atoms with Gasteiger partial charge in [-0.1, -0.05) is 13.3 Å². The summed E-state index contributed by atoms with van der Waals surface area (Å²) in [4.78, 5) is 0. The minimum atomic E-state index is -1.35. The summed E-state index contributed by atoms with van der Waals surface area (Å²) in [6.07, 6.45) is 5.90. The van der Waals surface area contributed by atoms with Gasteiger partial charge in [-0.3, -0.25) is 0 Å². The molecule has 0 aromatic heterocycles. The Kier molecular flexibility index (Phi) is 5.30. The highest BCUT2D eigenvalue weighted by molar-refractivity contribution is 6.70. The molecule has 0 saturated carbocycles. The number of allylic oxidation sites excluding steroid dienone is 2. The van der Waals surface area contributed by atoms with Crippen LogP contribution in [0.5, 0.6) is 0 Å². The molecule has 0 spiro atoms. The number of rotatable bonds is 5. The second kappa shape index (κ2) is 5.41. The predicted octanol–water partition coefficient (Wildman–Crippen LogP) is 3.93. The van der Waals surface area contributed by atoms with Gasteiger partial charge >= 0.3 is 0 Å². The normalized spacial score (nSPS) is 13.2. The standard InChI is InChI=1S/C10H22OSi/c1-6-7-8-9-10(2)11-12(3,4)5/h9H,6-8H2,1-5H3/b10-9-. The molecule has 0 saturated heterocycles. The topological polar surface area (TPSA) is 9.23 Å². The molecular formula is C10H22OSi. The highest BCUT2D eigenvalue weighted by Crippen LogP contribution is 2.10. The summed E-state index contributed by atoms with van der Waals surface area (Å²) < 4.78 is 5.78. The Bertz CT molecular complexity index is 144. The molecule has 0 fully saturated rings. The van der Waals surface area contributed by atoms with Gasteiger partial charge in [0.15, 0.2) is 0 Å². The van der Waals surface area contributed by atoms with E-state index < -0.39 is 8.32 Å². The lowest BCUT2D eigenvalue weighted by molar-refractivity contribution is 0.421. The van der Waals surface area contributed by atoms with Crippen molar-refractivity contribution < 1.29 is 4.43 Å². The fourth-order valence-corrected chi connectivity index (χ4v) is 2.08. The summed E-state index contributed by atoms with van der Waals surface area (Å²) in [5.74, 6) is 1.11. The maximum absolute atomic E-state index is 5.78. The van der Waals surface area contributed by atoms with E-state index >= 15 is 0 Å². The first-order chi connectivity index (χ1) is 5.45. The molecule has 1 nitrogen and oxygen atoms in total. The van der Waals surface area contributed by atoms with E-state index in [9.17, 15) is 0 Å². The van der Waals surface area contributed by atoms with Crippen LogP contribution in [0.25, 0.3) is 0 Å². The molecule has 2 heteroatoms. The fraction of sp³-hybridized carbons (Fsp3) is 0.800.